The highest BCUT2D eigenvalue weighted by molar-refractivity contribution is 6.03. The number of aliphatic hydroxyl groups is 2. The lowest BCUT2D eigenvalue weighted by Crippen LogP contribution is -2.43. The number of benzene rings is 1. The van der Waals surface area contributed by atoms with Gasteiger partial charge in [-0.15, -0.1) is 0 Å². The van der Waals surface area contributed by atoms with Gasteiger partial charge in [-0.2, -0.15) is 9.97 Å². The van der Waals surface area contributed by atoms with E-state index in [1.165, 1.54) is 18.3 Å². The molecule has 2 aliphatic rings. The highest BCUT2D eigenvalue weighted by Gasteiger charge is 2.56. The summed E-state index contributed by atoms with van der Waals surface area (Å²) in [7, 11) is 0. The number of aromatic nitrogens is 4. The monoisotopic (exact) mass is 672 g/mol. The predicted octanol–water partition coefficient (Wildman–Crippen LogP) is 2.47. The number of nitrogens with zero attached hydrogens (tertiary/aromatic N) is 10. The fourth-order valence-electron chi connectivity index (χ4n) is 5.11. The van der Waals surface area contributed by atoms with Gasteiger partial charge in [0.2, 0.25) is 5.72 Å². The molecule has 0 spiro atoms. The van der Waals surface area contributed by atoms with Crippen molar-refractivity contribution >= 4 is 17.5 Å². The second-order valence-electron chi connectivity index (χ2n) is 10.6. The van der Waals surface area contributed by atoms with Gasteiger partial charge in [0.25, 0.3) is 5.91 Å². The van der Waals surface area contributed by atoms with Crippen molar-refractivity contribution in [1.29, 1.82) is 0 Å². The van der Waals surface area contributed by atoms with E-state index in [2.05, 4.69) is 35.3 Å². The summed E-state index contributed by atoms with van der Waals surface area (Å²) in [5.74, 6) is -1.20. The minimum Gasteiger partial charge on any atom is -0.393 e. The molecular formula is C27H30F2N12O7. The smallest absolute Gasteiger partial charge is 0.351 e. The van der Waals surface area contributed by atoms with Gasteiger partial charge in [0, 0.05) is 33.7 Å². The van der Waals surface area contributed by atoms with Gasteiger partial charge < -0.3 is 30.7 Å². The van der Waals surface area contributed by atoms with Crippen LogP contribution in [0.3, 0.4) is 0 Å². The number of alkyl halides is 2. The molecule has 2 aromatic heterocycles. The molecule has 4 heterocycles. The molecule has 8 atom stereocenters. The van der Waals surface area contributed by atoms with Crippen LogP contribution in [0.5, 0.6) is 0 Å². The lowest BCUT2D eigenvalue weighted by atomic mass is 9.94. The third kappa shape index (κ3) is 6.81. The van der Waals surface area contributed by atoms with Crippen LogP contribution in [0.1, 0.15) is 43.1 Å². The van der Waals surface area contributed by atoms with Crippen molar-refractivity contribution in [1.82, 2.24) is 19.1 Å². The number of anilines is 2. The van der Waals surface area contributed by atoms with E-state index in [4.69, 9.17) is 26.3 Å². The summed E-state index contributed by atoms with van der Waals surface area (Å²) in [6.07, 6.45) is -5.81. The highest BCUT2D eigenvalue weighted by atomic mass is 19.1. The van der Waals surface area contributed by atoms with Crippen LogP contribution in [-0.4, -0.2) is 71.7 Å². The lowest BCUT2D eigenvalue weighted by Gasteiger charge is -2.25. The summed E-state index contributed by atoms with van der Waals surface area (Å²) in [4.78, 5) is 48.5. The molecule has 48 heavy (non-hydrogen) atoms. The van der Waals surface area contributed by atoms with E-state index >= 15 is 0 Å². The van der Waals surface area contributed by atoms with Crippen LogP contribution in [0, 0.1) is 5.92 Å². The number of hydrogen-bond acceptors (Lipinski definition) is 12. The molecular weight excluding hydrogens is 642 g/mol. The Hall–Kier alpha value is -5.43. The number of halogens is 2. The molecule has 0 saturated carbocycles. The van der Waals surface area contributed by atoms with Crippen LogP contribution < -0.4 is 22.4 Å². The van der Waals surface area contributed by atoms with E-state index < -0.39 is 72.2 Å². The third-order valence-corrected chi connectivity index (χ3v) is 7.82. The number of azide groups is 2. The number of aliphatic hydroxyl groups excluding tert-OH is 2. The quantitative estimate of drug-likeness (QED) is 0.154. The fourth-order valence-corrected chi connectivity index (χ4v) is 5.11. The molecule has 0 unspecified atom stereocenters. The Morgan fingerprint density at radius 3 is 2.12 bits per heavy atom. The summed E-state index contributed by atoms with van der Waals surface area (Å²) in [6.45, 7) is 2.32. The van der Waals surface area contributed by atoms with Gasteiger partial charge >= 0.3 is 11.4 Å². The van der Waals surface area contributed by atoms with Crippen LogP contribution in [0.25, 0.3) is 20.9 Å². The second kappa shape index (κ2) is 14.6. The van der Waals surface area contributed by atoms with Crippen LogP contribution in [-0.2, 0) is 9.47 Å². The zero-order chi connectivity index (χ0) is 35.2. The molecule has 5 N–H and O–H groups in total. The van der Waals surface area contributed by atoms with Gasteiger partial charge in [0.05, 0.1) is 6.61 Å². The molecule has 1 aromatic carbocycles. The van der Waals surface area contributed by atoms with E-state index in [9.17, 15) is 33.4 Å². The minimum absolute atomic E-state index is 0.0355. The Morgan fingerprint density at radius 1 is 1.00 bits per heavy atom. The van der Waals surface area contributed by atoms with Crippen LogP contribution in [0.4, 0.5) is 20.4 Å². The molecule has 21 heteroatoms. The first-order valence-corrected chi connectivity index (χ1v) is 14.2. The molecule has 5 rings (SSSR count). The van der Waals surface area contributed by atoms with Gasteiger partial charge in [0.15, 0.2) is 30.5 Å². The molecule has 1 amide bonds. The van der Waals surface area contributed by atoms with E-state index in [1.807, 2.05) is 0 Å². The van der Waals surface area contributed by atoms with Crippen molar-refractivity contribution < 1.29 is 33.3 Å². The number of carbonyl (C=O) groups is 1. The second-order valence-corrected chi connectivity index (χ2v) is 10.6. The fraction of sp³-hybridized carbons (Fsp3) is 0.444. The maximum absolute atomic E-state index is 14.8. The number of amides is 1. The molecule has 0 bridgehead atoms. The Labute approximate surface area is 268 Å². The first kappa shape index (κ1) is 35.4. The minimum atomic E-state index is -2.19. The zero-order valence-corrected chi connectivity index (χ0v) is 25.3. The molecule has 2 aliphatic heterocycles. The lowest BCUT2D eigenvalue weighted by molar-refractivity contribution is -0.124. The van der Waals surface area contributed by atoms with Gasteiger partial charge in [-0.25, -0.2) is 18.4 Å². The first-order chi connectivity index (χ1) is 22.9. The van der Waals surface area contributed by atoms with Gasteiger partial charge in [-0.3, -0.25) is 13.9 Å². The van der Waals surface area contributed by atoms with E-state index in [1.54, 1.807) is 44.2 Å². The van der Waals surface area contributed by atoms with Crippen molar-refractivity contribution in [2.24, 2.45) is 16.1 Å². The maximum Gasteiger partial charge on any atom is 0.351 e. The Morgan fingerprint density at radius 2 is 1.56 bits per heavy atom. The third-order valence-electron chi connectivity index (χ3n) is 7.82. The van der Waals surface area contributed by atoms with Gasteiger partial charge in [0.1, 0.15) is 17.7 Å². The summed E-state index contributed by atoms with van der Waals surface area (Å²) in [5, 5.41) is 28.1. The van der Waals surface area contributed by atoms with Crippen LogP contribution in [0.15, 0.2) is 74.7 Å². The number of nitrogen functional groups attached to an aromatic ring is 1. The van der Waals surface area contributed by atoms with E-state index in [0.29, 0.717) is 5.56 Å². The van der Waals surface area contributed by atoms with Crippen molar-refractivity contribution in [3.63, 3.8) is 0 Å². The zero-order valence-electron chi connectivity index (χ0n) is 25.3. The SMILES string of the molecule is CC[C@@]1(N=[N+]=[N-])O[C@@H](n2ccc(NC(=O)c3ccccc3)nc2=O)[C@H](F)[C@@H]1C.[N-]=[N+]=N[C@]1(CO)O[C@@H](n2ccc(N)nc2=O)[C@H](F)[C@@H]1O. The predicted molar refractivity (Wildman–Crippen MR) is 162 cm³/mol. The summed E-state index contributed by atoms with van der Waals surface area (Å²) >= 11 is 0. The van der Waals surface area contributed by atoms with Crippen molar-refractivity contribution in [3.8, 4) is 0 Å². The molecule has 0 radical (unpaired) electrons. The highest BCUT2D eigenvalue weighted by Crippen LogP contribution is 2.45. The van der Waals surface area contributed by atoms with E-state index in [0.717, 1.165) is 15.3 Å². The Balaban J connectivity index is 0.000000229. The van der Waals surface area contributed by atoms with Crippen molar-refractivity contribution in [2.75, 3.05) is 17.7 Å². The summed E-state index contributed by atoms with van der Waals surface area (Å²) < 4.78 is 41.3. The topological polar surface area (TPSA) is 281 Å². The maximum atomic E-state index is 14.8. The van der Waals surface area contributed by atoms with Gasteiger partial charge in [-0.1, -0.05) is 42.3 Å². The summed E-state index contributed by atoms with van der Waals surface area (Å²) in [5.41, 5.74) is 17.6. The number of carbonyl (C=O) groups excluding carboxylic acids is 1. The van der Waals surface area contributed by atoms with E-state index in [-0.39, 0.29) is 18.1 Å². The number of nitrogens with one attached hydrogen (secondary N) is 1. The Bertz CT molecular complexity index is 1850. The first-order valence-electron chi connectivity index (χ1n) is 14.2. The summed E-state index contributed by atoms with van der Waals surface area (Å²) in [6, 6.07) is 11.1. The number of rotatable bonds is 8. The van der Waals surface area contributed by atoms with Crippen LogP contribution in [0.2, 0.25) is 0 Å². The van der Waals surface area contributed by atoms with Crippen molar-refractivity contribution in [2.45, 2.75) is 62.6 Å². The molecule has 254 valence electrons. The molecule has 19 nitrogen and oxygen atoms in total. The largest absolute Gasteiger partial charge is 0.393 e. The number of ether oxygens (including phenoxy) is 2. The number of nitrogens with two attached hydrogens (primary N) is 1. The van der Waals surface area contributed by atoms with Gasteiger partial charge in [-0.05, 0) is 41.7 Å². The normalized spacial score (nSPS) is 29.1. The average molecular weight is 673 g/mol. The molecule has 2 saturated heterocycles. The Kier molecular flexibility index (Phi) is 10.7. The standard InChI is InChI=1S/C18H19FN6O3.C9H11FN6O4/c1-3-18(23-24-20)11(2)14(19)16(28-18)25-10-9-13(22-17(25)27)21-15(26)12-7-5-4-6-8-12;10-5-6(18)9(3-17,14-15-12)20-7(5)16-2-1-4(11)13-8(16)19/h4-11,14,16H,3H2,1-2H3,(H,21,22,26,27);1-2,5-7,17-18H,3H2,(H2,11,13,19)/t11-,14+,16+,18+;5-,6+,7-,9-/m01/s1. The number of hydrogen-bond donors (Lipinski definition) is 4. The average Bonchev–Trinajstić information content (AvgIpc) is 3.47. The molecule has 2 fully saturated rings. The molecule has 3 aromatic rings. The molecule has 0 aliphatic carbocycles. The van der Waals surface area contributed by atoms with Crippen molar-refractivity contribution in [3.05, 3.63) is 102 Å². The van der Waals surface area contributed by atoms with Crippen LogP contribution >= 0.6 is 0 Å².